The second-order valence-corrected chi connectivity index (χ2v) is 4.72. The molecular weight excluding hydrogens is 296 g/mol. The maximum absolute atomic E-state index is 11.8. The van der Waals surface area contributed by atoms with Gasteiger partial charge in [-0.1, -0.05) is 17.7 Å². The third-order valence-corrected chi connectivity index (χ3v) is 2.90. The molecule has 0 unspecified atom stereocenters. The molecule has 2 rings (SSSR count). The Labute approximate surface area is 125 Å². The van der Waals surface area contributed by atoms with Crippen LogP contribution < -0.4 is 10.6 Å². The summed E-state index contributed by atoms with van der Waals surface area (Å²) >= 11 is 5.80. The number of H-pyrrole nitrogens is 1. The van der Waals surface area contributed by atoms with Crippen LogP contribution in [0.4, 0.5) is 10.5 Å². The lowest BCUT2D eigenvalue weighted by Gasteiger charge is -2.14. The normalized spacial score (nSPS) is 11.7. The van der Waals surface area contributed by atoms with Gasteiger partial charge in [0.2, 0.25) is 0 Å². The van der Waals surface area contributed by atoms with Crippen molar-refractivity contribution in [2.24, 2.45) is 0 Å². The number of imidazole rings is 1. The number of carbonyl (C=O) groups is 2. The van der Waals surface area contributed by atoms with Gasteiger partial charge >= 0.3 is 12.0 Å². The van der Waals surface area contributed by atoms with E-state index in [1.807, 2.05) is 0 Å². The van der Waals surface area contributed by atoms with Crippen molar-refractivity contribution >= 4 is 29.3 Å². The summed E-state index contributed by atoms with van der Waals surface area (Å²) < 4.78 is 0. The molecule has 2 aromatic rings. The minimum atomic E-state index is -1.13. The van der Waals surface area contributed by atoms with Crippen molar-refractivity contribution < 1.29 is 14.7 Å². The van der Waals surface area contributed by atoms with Gasteiger partial charge in [0.1, 0.15) is 6.04 Å². The van der Waals surface area contributed by atoms with Crippen LogP contribution in [-0.2, 0) is 11.2 Å². The average Bonchev–Trinajstić information content (AvgIpc) is 2.90. The molecule has 0 aliphatic heterocycles. The summed E-state index contributed by atoms with van der Waals surface area (Å²) in [6.07, 6.45) is 3.06. The van der Waals surface area contributed by atoms with E-state index < -0.39 is 18.0 Å². The van der Waals surface area contributed by atoms with Gasteiger partial charge in [-0.3, -0.25) is 0 Å². The van der Waals surface area contributed by atoms with Crippen LogP contribution in [0.1, 0.15) is 5.69 Å². The van der Waals surface area contributed by atoms with Crippen LogP contribution in [0.3, 0.4) is 0 Å². The van der Waals surface area contributed by atoms with E-state index in [-0.39, 0.29) is 6.42 Å². The molecule has 110 valence electrons. The monoisotopic (exact) mass is 308 g/mol. The highest BCUT2D eigenvalue weighted by atomic mass is 35.5. The molecule has 4 N–H and O–H groups in total. The minimum Gasteiger partial charge on any atom is -0.480 e. The molecule has 8 heteroatoms. The first-order chi connectivity index (χ1) is 10.0. The molecule has 0 aliphatic rings. The Morgan fingerprint density at radius 1 is 1.43 bits per heavy atom. The number of hydrogen-bond donors (Lipinski definition) is 4. The maximum Gasteiger partial charge on any atom is 0.326 e. The maximum atomic E-state index is 11.8. The van der Waals surface area contributed by atoms with Crippen molar-refractivity contribution in [3.8, 4) is 0 Å². The van der Waals surface area contributed by atoms with E-state index in [1.165, 1.54) is 12.5 Å². The average molecular weight is 309 g/mol. The van der Waals surface area contributed by atoms with Gasteiger partial charge in [-0.15, -0.1) is 0 Å². The number of benzene rings is 1. The van der Waals surface area contributed by atoms with E-state index in [0.717, 1.165) is 0 Å². The van der Waals surface area contributed by atoms with E-state index in [2.05, 4.69) is 20.6 Å². The fraction of sp³-hybridized carbons (Fsp3) is 0.154. The summed E-state index contributed by atoms with van der Waals surface area (Å²) in [5, 5.41) is 14.5. The summed E-state index contributed by atoms with van der Waals surface area (Å²) in [5.74, 6) is -1.13. The van der Waals surface area contributed by atoms with Crippen molar-refractivity contribution in [3.63, 3.8) is 0 Å². The number of nitrogens with one attached hydrogen (secondary N) is 3. The molecular formula is C13H13ClN4O3. The lowest BCUT2D eigenvalue weighted by atomic mass is 10.2. The van der Waals surface area contributed by atoms with Gasteiger partial charge in [-0.25, -0.2) is 14.6 Å². The predicted octanol–water partition coefficient (Wildman–Crippen LogP) is 1.88. The first-order valence-electron chi connectivity index (χ1n) is 6.08. The lowest BCUT2D eigenvalue weighted by molar-refractivity contribution is -0.139. The van der Waals surface area contributed by atoms with Crippen molar-refractivity contribution in [1.82, 2.24) is 15.3 Å². The number of aromatic amines is 1. The third kappa shape index (κ3) is 4.50. The number of carboxylic acid groups (broad SMARTS) is 1. The molecule has 0 aliphatic carbocycles. The molecule has 0 saturated carbocycles. The topological polar surface area (TPSA) is 107 Å². The predicted molar refractivity (Wildman–Crippen MR) is 77.3 cm³/mol. The number of carboxylic acids is 1. The number of amides is 2. The van der Waals surface area contributed by atoms with Crippen molar-refractivity contribution in [3.05, 3.63) is 47.5 Å². The lowest BCUT2D eigenvalue weighted by Crippen LogP contribution is -2.44. The molecule has 1 aromatic heterocycles. The van der Waals surface area contributed by atoms with Crippen LogP contribution >= 0.6 is 11.6 Å². The number of aromatic nitrogens is 2. The minimum absolute atomic E-state index is 0.109. The molecule has 1 aromatic carbocycles. The number of nitrogens with zero attached hydrogens (tertiary/aromatic N) is 1. The first-order valence-corrected chi connectivity index (χ1v) is 6.45. The standard InChI is InChI=1S/C13H13ClN4O3/c14-8-2-1-3-9(4-8)17-13(21)18-11(12(19)20)5-10-6-15-7-16-10/h1-4,6-7,11H,5H2,(H,15,16)(H,19,20)(H2,17,18,21)/t11-/m1/s1. The Balaban J connectivity index is 1.96. The zero-order valence-corrected chi connectivity index (χ0v) is 11.6. The number of urea groups is 1. The second kappa shape index (κ2) is 6.76. The third-order valence-electron chi connectivity index (χ3n) is 2.66. The number of halogens is 1. The molecule has 7 nitrogen and oxygen atoms in total. The summed E-state index contributed by atoms with van der Waals surface area (Å²) in [6, 6.07) is 4.87. The molecule has 0 spiro atoms. The van der Waals surface area contributed by atoms with Crippen molar-refractivity contribution in [1.29, 1.82) is 0 Å². The molecule has 0 radical (unpaired) electrons. The van der Waals surface area contributed by atoms with Gasteiger partial charge in [-0.05, 0) is 18.2 Å². The fourth-order valence-electron chi connectivity index (χ4n) is 1.71. The first kappa shape index (κ1) is 14.9. The van der Waals surface area contributed by atoms with E-state index >= 15 is 0 Å². The Bertz CT molecular complexity index is 630. The Kier molecular flexibility index (Phi) is 4.78. The highest BCUT2D eigenvalue weighted by molar-refractivity contribution is 6.30. The van der Waals surface area contributed by atoms with E-state index in [4.69, 9.17) is 16.7 Å². The van der Waals surface area contributed by atoms with Gasteiger partial charge in [0.25, 0.3) is 0 Å². The molecule has 1 atom stereocenters. The van der Waals surface area contributed by atoms with E-state index in [1.54, 1.807) is 24.3 Å². The molecule has 1 heterocycles. The van der Waals surface area contributed by atoms with Crippen LogP contribution in [0.5, 0.6) is 0 Å². The van der Waals surface area contributed by atoms with Crippen molar-refractivity contribution in [2.45, 2.75) is 12.5 Å². The van der Waals surface area contributed by atoms with Gasteiger partial charge in [0, 0.05) is 29.0 Å². The van der Waals surface area contributed by atoms with Crippen LogP contribution in [0, 0.1) is 0 Å². The fourth-order valence-corrected chi connectivity index (χ4v) is 1.90. The SMILES string of the molecule is O=C(Nc1cccc(Cl)c1)N[C@H](Cc1cnc[nH]1)C(=O)O. The van der Waals surface area contributed by atoms with Crippen LogP contribution in [0.25, 0.3) is 0 Å². The number of aliphatic carboxylic acids is 1. The number of rotatable bonds is 5. The zero-order valence-electron chi connectivity index (χ0n) is 10.8. The van der Waals surface area contributed by atoms with Crippen molar-refractivity contribution in [2.75, 3.05) is 5.32 Å². The quantitative estimate of drug-likeness (QED) is 0.676. The Morgan fingerprint density at radius 2 is 2.24 bits per heavy atom. The number of hydrogen-bond acceptors (Lipinski definition) is 3. The largest absolute Gasteiger partial charge is 0.480 e. The summed E-state index contributed by atoms with van der Waals surface area (Å²) in [7, 11) is 0. The summed E-state index contributed by atoms with van der Waals surface area (Å²) in [4.78, 5) is 29.6. The van der Waals surface area contributed by atoms with Crippen LogP contribution in [0.2, 0.25) is 5.02 Å². The zero-order chi connectivity index (χ0) is 15.2. The molecule has 2 amide bonds. The Hall–Kier alpha value is -2.54. The smallest absolute Gasteiger partial charge is 0.326 e. The van der Waals surface area contributed by atoms with E-state index in [9.17, 15) is 9.59 Å². The van der Waals surface area contributed by atoms with Gasteiger partial charge in [-0.2, -0.15) is 0 Å². The summed E-state index contributed by atoms with van der Waals surface area (Å²) in [5.41, 5.74) is 1.09. The molecule has 21 heavy (non-hydrogen) atoms. The molecule has 0 saturated heterocycles. The number of carbonyl (C=O) groups excluding carboxylic acids is 1. The molecule has 0 bridgehead atoms. The summed E-state index contributed by atoms with van der Waals surface area (Å²) in [6.45, 7) is 0. The van der Waals surface area contributed by atoms with Crippen LogP contribution in [-0.4, -0.2) is 33.1 Å². The van der Waals surface area contributed by atoms with E-state index in [0.29, 0.717) is 16.4 Å². The van der Waals surface area contributed by atoms with Gasteiger partial charge < -0.3 is 20.7 Å². The second-order valence-electron chi connectivity index (χ2n) is 4.28. The van der Waals surface area contributed by atoms with Gasteiger partial charge in [0.05, 0.1) is 6.33 Å². The highest BCUT2D eigenvalue weighted by Crippen LogP contribution is 2.14. The highest BCUT2D eigenvalue weighted by Gasteiger charge is 2.21. The van der Waals surface area contributed by atoms with Crippen LogP contribution in [0.15, 0.2) is 36.8 Å². The van der Waals surface area contributed by atoms with Gasteiger partial charge in [0.15, 0.2) is 0 Å². The number of anilines is 1. The molecule has 0 fully saturated rings. The Morgan fingerprint density at radius 3 is 2.86 bits per heavy atom.